The van der Waals surface area contributed by atoms with E-state index in [-0.39, 0.29) is 17.7 Å². The Morgan fingerprint density at radius 3 is 2.65 bits per heavy atom. The van der Waals surface area contributed by atoms with Crippen molar-refractivity contribution in [2.24, 2.45) is 5.92 Å². The third kappa shape index (κ3) is 3.18. The highest BCUT2D eigenvalue weighted by Crippen LogP contribution is 2.43. The van der Waals surface area contributed by atoms with E-state index < -0.39 is 0 Å². The van der Waals surface area contributed by atoms with Crippen molar-refractivity contribution in [2.75, 3.05) is 0 Å². The van der Waals surface area contributed by atoms with Crippen LogP contribution in [0.4, 0.5) is 0 Å². The van der Waals surface area contributed by atoms with E-state index in [0.717, 1.165) is 30.4 Å². The molecule has 1 aromatic carbocycles. The van der Waals surface area contributed by atoms with Gasteiger partial charge in [-0.1, -0.05) is 23.2 Å². The van der Waals surface area contributed by atoms with E-state index in [1.165, 1.54) is 0 Å². The van der Waals surface area contributed by atoms with Gasteiger partial charge in [0.05, 0.1) is 0 Å². The maximum Gasteiger partial charge on any atom is 0.181 e. The predicted octanol–water partition coefficient (Wildman–Crippen LogP) is 4.96. The minimum absolute atomic E-state index is 0.0235. The Labute approximate surface area is 162 Å². The molecule has 0 N–H and O–H groups in total. The first-order valence-electron chi connectivity index (χ1n) is 8.69. The summed E-state index contributed by atoms with van der Waals surface area (Å²) in [5.41, 5.74) is 2.17. The molecule has 2 aromatic rings. The standard InChI is InChI=1S/C20H17Cl2N3O/c21-15-5-13(6-16(22)10-15)12-3-4-24-18(8-12)20(26)9-14-7-17-1-2-19(14)25(17)11-23/h3-6,8,10,14,17,19H,1-2,7,9H2/t14-,17-,19+/m0/s1. The Morgan fingerprint density at radius 1 is 1.19 bits per heavy atom. The molecule has 0 spiro atoms. The monoisotopic (exact) mass is 385 g/mol. The summed E-state index contributed by atoms with van der Waals surface area (Å²) in [6, 6.07) is 9.47. The van der Waals surface area contributed by atoms with E-state index in [1.807, 2.05) is 23.1 Å². The summed E-state index contributed by atoms with van der Waals surface area (Å²) in [5, 5.41) is 10.4. The highest BCUT2D eigenvalue weighted by atomic mass is 35.5. The minimum Gasteiger partial charge on any atom is -0.304 e. The first-order chi connectivity index (χ1) is 12.5. The van der Waals surface area contributed by atoms with Gasteiger partial charge < -0.3 is 4.90 Å². The molecule has 0 radical (unpaired) electrons. The van der Waals surface area contributed by atoms with Crippen LogP contribution in [-0.4, -0.2) is 27.8 Å². The largest absolute Gasteiger partial charge is 0.304 e. The molecule has 0 aliphatic carbocycles. The lowest BCUT2D eigenvalue weighted by molar-refractivity contribution is 0.0946. The van der Waals surface area contributed by atoms with Crippen molar-refractivity contribution in [2.45, 2.75) is 37.8 Å². The molecule has 2 bridgehead atoms. The Kier molecular flexibility index (Phi) is 4.60. The molecule has 2 fully saturated rings. The number of hydrogen-bond donors (Lipinski definition) is 0. The number of Topliss-reactive ketones (excluding diaryl/α,β-unsaturated/α-hetero) is 1. The zero-order chi connectivity index (χ0) is 18.3. The van der Waals surface area contributed by atoms with Gasteiger partial charge in [-0.3, -0.25) is 9.78 Å². The topological polar surface area (TPSA) is 57.0 Å². The van der Waals surface area contributed by atoms with E-state index in [9.17, 15) is 10.1 Å². The SMILES string of the molecule is N#CN1[C@H]2CC[C@@H]1[C@H](CC(=O)c1cc(-c3cc(Cl)cc(Cl)c3)ccn1)C2. The molecule has 26 heavy (non-hydrogen) atoms. The van der Waals surface area contributed by atoms with Crippen LogP contribution in [0.5, 0.6) is 0 Å². The van der Waals surface area contributed by atoms with Crippen molar-refractivity contribution < 1.29 is 4.79 Å². The molecular formula is C20H17Cl2N3O. The Hall–Kier alpha value is -2.09. The molecule has 2 aliphatic rings. The fourth-order valence-electron chi connectivity index (χ4n) is 4.31. The molecule has 0 unspecified atom stereocenters. The molecule has 3 heterocycles. The predicted molar refractivity (Wildman–Crippen MR) is 101 cm³/mol. The number of pyridine rings is 1. The molecule has 132 valence electrons. The minimum atomic E-state index is 0.0235. The van der Waals surface area contributed by atoms with Gasteiger partial charge in [0, 0.05) is 34.7 Å². The van der Waals surface area contributed by atoms with Gasteiger partial charge in [0.25, 0.3) is 0 Å². The molecule has 3 atom stereocenters. The van der Waals surface area contributed by atoms with Gasteiger partial charge in [-0.05, 0) is 66.6 Å². The summed E-state index contributed by atoms with van der Waals surface area (Å²) in [6.45, 7) is 0. The zero-order valence-corrected chi connectivity index (χ0v) is 15.5. The van der Waals surface area contributed by atoms with Gasteiger partial charge in [-0.25, -0.2) is 0 Å². The fraction of sp³-hybridized carbons (Fsp3) is 0.350. The van der Waals surface area contributed by atoms with E-state index in [4.69, 9.17) is 23.2 Å². The molecule has 6 heteroatoms. The van der Waals surface area contributed by atoms with E-state index in [1.54, 1.807) is 18.3 Å². The number of carbonyl (C=O) groups is 1. The molecule has 0 amide bonds. The quantitative estimate of drug-likeness (QED) is 0.550. The van der Waals surface area contributed by atoms with Crippen LogP contribution in [0.2, 0.25) is 10.0 Å². The second-order valence-electron chi connectivity index (χ2n) is 7.02. The lowest BCUT2D eigenvalue weighted by Gasteiger charge is -2.19. The molecule has 0 saturated carbocycles. The van der Waals surface area contributed by atoms with Crippen molar-refractivity contribution in [1.82, 2.24) is 9.88 Å². The lowest BCUT2D eigenvalue weighted by Crippen LogP contribution is -2.26. The van der Waals surface area contributed by atoms with Crippen molar-refractivity contribution in [1.29, 1.82) is 5.26 Å². The van der Waals surface area contributed by atoms with Crippen molar-refractivity contribution in [3.05, 3.63) is 52.3 Å². The maximum atomic E-state index is 12.8. The van der Waals surface area contributed by atoms with Crippen molar-refractivity contribution in [3.63, 3.8) is 0 Å². The molecular weight excluding hydrogens is 369 g/mol. The van der Waals surface area contributed by atoms with Gasteiger partial charge in [0.2, 0.25) is 0 Å². The van der Waals surface area contributed by atoms with Crippen LogP contribution in [0, 0.1) is 17.4 Å². The summed E-state index contributed by atoms with van der Waals surface area (Å²) in [5.74, 6) is 0.266. The van der Waals surface area contributed by atoms with Gasteiger partial charge in [-0.15, -0.1) is 0 Å². The number of halogens is 2. The molecule has 2 saturated heterocycles. The molecule has 4 nitrogen and oxygen atoms in total. The number of fused-ring (bicyclic) bond motifs is 2. The smallest absolute Gasteiger partial charge is 0.181 e. The van der Waals surface area contributed by atoms with Crippen LogP contribution in [0.25, 0.3) is 11.1 Å². The summed E-state index contributed by atoms with van der Waals surface area (Å²) in [4.78, 5) is 18.9. The number of benzene rings is 1. The van der Waals surface area contributed by atoms with Gasteiger partial charge in [-0.2, -0.15) is 5.26 Å². The van der Waals surface area contributed by atoms with Crippen molar-refractivity contribution >= 4 is 29.0 Å². The zero-order valence-electron chi connectivity index (χ0n) is 14.0. The number of ketones is 1. The third-order valence-electron chi connectivity index (χ3n) is 5.47. The first-order valence-corrected chi connectivity index (χ1v) is 9.44. The Balaban J connectivity index is 1.53. The number of nitriles is 1. The number of rotatable bonds is 4. The van der Waals surface area contributed by atoms with Gasteiger partial charge in [0.1, 0.15) is 5.69 Å². The summed E-state index contributed by atoms with van der Waals surface area (Å²) >= 11 is 12.2. The number of aromatic nitrogens is 1. The van der Waals surface area contributed by atoms with E-state index in [0.29, 0.717) is 28.2 Å². The second-order valence-corrected chi connectivity index (χ2v) is 7.89. The average Bonchev–Trinajstić information content (AvgIpc) is 3.17. The Bertz CT molecular complexity index is 888. The van der Waals surface area contributed by atoms with Crippen LogP contribution in [0.1, 0.15) is 36.2 Å². The number of nitrogens with zero attached hydrogens (tertiary/aromatic N) is 3. The van der Waals surface area contributed by atoms with E-state index >= 15 is 0 Å². The normalized spacial score (nSPS) is 23.9. The van der Waals surface area contributed by atoms with Crippen LogP contribution < -0.4 is 0 Å². The van der Waals surface area contributed by atoms with E-state index in [2.05, 4.69) is 11.2 Å². The van der Waals surface area contributed by atoms with Crippen LogP contribution in [-0.2, 0) is 0 Å². The lowest BCUT2D eigenvalue weighted by atomic mass is 9.85. The molecule has 2 aliphatic heterocycles. The van der Waals surface area contributed by atoms with Crippen LogP contribution in [0.3, 0.4) is 0 Å². The number of hydrogen-bond acceptors (Lipinski definition) is 4. The Morgan fingerprint density at radius 2 is 1.96 bits per heavy atom. The molecule has 4 rings (SSSR count). The molecule has 1 aromatic heterocycles. The third-order valence-corrected chi connectivity index (χ3v) is 5.91. The van der Waals surface area contributed by atoms with Gasteiger partial charge >= 0.3 is 0 Å². The maximum absolute atomic E-state index is 12.8. The highest BCUT2D eigenvalue weighted by molar-refractivity contribution is 6.35. The highest BCUT2D eigenvalue weighted by Gasteiger charge is 2.46. The summed E-state index contributed by atoms with van der Waals surface area (Å²) in [7, 11) is 0. The fourth-order valence-corrected chi connectivity index (χ4v) is 4.84. The number of carbonyl (C=O) groups excluding carboxylic acids is 1. The van der Waals surface area contributed by atoms with Crippen LogP contribution >= 0.6 is 23.2 Å². The van der Waals surface area contributed by atoms with Crippen LogP contribution in [0.15, 0.2) is 36.5 Å². The second kappa shape index (κ2) is 6.90. The summed E-state index contributed by atoms with van der Waals surface area (Å²) < 4.78 is 0. The first kappa shape index (κ1) is 17.3. The van der Waals surface area contributed by atoms with Crippen molar-refractivity contribution in [3.8, 4) is 17.3 Å². The average molecular weight is 386 g/mol. The summed E-state index contributed by atoms with van der Waals surface area (Å²) in [6.07, 6.45) is 7.36. The van der Waals surface area contributed by atoms with Gasteiger partial charge in [0.15, 0.2) is 12.0 Å².